The largest absolute Gasteiger partial charge is 0.493 e. The molecule has 3 aromatic carbocycles. The van der Waals surface area contributed by atoms with Gasteiger partial charge in [0.2, 0.25) is 0 Å². The highest BCUT2D eigenvalue weighted by molar-refractivity contribution is 5.86. The van der Waals surface area contributed by atoms with E-state index in [-0.39, 0.29) is 0 Å². The van der Waals surface area contributed by atoms with Gasteiger partial charge in [0.1, 0.15) is 5.82 Å². The molecule has 1 aromatic heterocycles. The van der Waals surface area contributed by atoms with Crippen LogP contribution in [-0.2, 0) is 13.0 Å². The SMILES string of the molecule is COc1cc2nc(CCN)n(Cc3cccc4ccccc34)c2cc1OC. The summed E-state index contributed by atoms with van der Waals surface area (Å²) in [7, 11) is 3.29. The minimum absolute atomic E-state index is 0.549. The van der Waals surface area contributed by atoms with Crippen LogP contribution in [0.15, 0.2) is 54.6 Å². The second-order valence-electron chi connectivity index (χ2n) is 6.49. The lowest BCUT2D eigenvalue weighted by Gasteiger charge is -2.13. The van der Waals surface area contributed by atoms with Crippen LogP contribution in [0.2, 0.25) is 0 Å². The van der Waals surface area contributed by atoms with E-state index >= 15 is 0 Å². The number of rotatable bonds is 6. The summed E-state index contributed by atoms with van der Waals surface area (Å²) in [5, 5.41) is 2.49. The van der Waals surface area contributed by atoms with Crippen molar-refractivity contribution in [1.29, 1.82) is 0 Å². The van der Waals surface area contributed by atoms with Crippen LogP contribution in [0.4, 0.5) is 0 Å². The number of imidazole rings is 1. The third-order valence-corrected chi connectivity index (χ3v) is 4.91. The summed E-state index contributed by atoms with van der Waals surface area (Å²) < 4.78 is 13.2. The van der Waals surface area contributed by atoms with Gasteiger partial charge in [-0.2, -0.15) is 0 Å². The first-order chi connectivity index (χ1) is 13.2. The zero-order valence-electron chi connectivity index (χ0n) is 15.6. The second kappa shape index (κ2) is 7.29. The van der Waals surface area contributed by atoms with Gasteiger partial charge in [-0.25, -0.2) is 4.98 Å². The molecular formula is C22H23N3O2. The summed E-state index contributed by atoms with van der Waals surface area (Å²) in [5.41, 5.74) is 9.00. The quantitative estimate of drug-likeness (QED) is 0.568. The monoisotopic (exact) mass is 361 g/mol. The molecule has 4 rings (SSSR count). The summed E-state index contributed by atoms with van der Waals surface area (Å²) in [5.74, 6) is 2.35. The molecule has 0 bridgehead atoms. The zero-order chi connectivity index (χ0) is 18.8. The standard InChI is InChI=1S/C22H23N3O2/c1-26-20-12-18-19(13-21(20)27-2)25(22(24-18)10-11-23)14-16-8-5-7-15-6-3-4-9-17(15)16/h3-9,12-13H,10-11,14,23H2,1-2H3. The van der Waals surface area contributed by atoms with Gasteiger partial charge in [0.05, 0.1) is 25.3 Å². The van der Waals surface area contributed by atoms with Crippen LogP contribution in [0.3, 0.4) is 0 Å². The van der Waals surface area contributed by atoms with Crippen molar-refractivity contribution in [2.45, 2.75) is 13.0 Å². The van der Waals surface area contributed by atoms with Gasteiger partial charge in [-0.05, 0) is 22.9 Å². The third-order valence-electron chi connectivity index (χ3n) is 4.91. The number of hydrogen-bond donors (Lipinski definition) is 1. The van der Waals surface area contributed by atoms with Crippen molar-refractivity contribution in [3.05, 3.63) is 66.0 Å². The Labute approximate surface area is 158 Å². The Morgan fingerprint density at radius 3 is 2.48 bits per heavy atom. The first-order valence-corrected chi connectivity index (χ1v) is 9.03. The van der Waals surface area contributed by atoms with E-state index in [0.29, 0.717) is 24.5 Å². The summed E-state index contributed by atoms with van der Waals surface area (Å²) in [6.45, 7) is 1.27. The van der Waals surface area contributed by atoms with Crippen molar-refractivity contribution in [3.8, 4) is 11.5 Å². The molecule has 1 heterocycles. The lowest BCUT2D eigenvalue weighted by molar-refractivity contribution is 0.355. The Bertz CT molecular complexity index is 1100. The summed E-state index contributed by atoms with van der Waals surface area (Å²) in [6.07, 6.45) is 0.712. The first-order valence-electron chi connectivity index (χ1n) is 9.03. The van der Waals surface area contributed by atoms with Gasteiger partial charge in [0.25, 0.3) is 0 Å². The minimum Gasteiger partial charge on any atom is -0.493 e. The Balaban J connectivity index is 1.89. The van der Waals surface area contributed by atoms with Gasteiger partial charge in [0, 0.05) is 25.1 Å². The number of ether oxygens (including phenoxy) is 2. The van der Waals surface area contributed by atoms with E-state index in [1.165, 1.54) is 16.3 Å². The topological polar surface area (TPSA) is 62.3 Å². The third kappa shape index (κ3) is 3.11. The van der Waals surface area contributed by atoms with Crippen LogP contribution in [0.1, 0.15) is 11.4 Å². The van der Waals surface area contributed by atoms with Crippen molar-refractivity contribution < 1.29 is 9.47 Å². The molecule has 2 N–H and O–H groups in total. The predicted molar refractivity (Wildman–Crippen MR) is 109 cm³/mol. The Hall–Kier alpha value is -3.05. The van der Waals surface area contributed by atoms with Gasteiger partial charge >= 0.3 is 0 Å². The number of methoxy groups -OCH3 is 2. The lowest BCUT2D eigenvalue weighted by Crippen LogP contribution is -2.11. The number of benzene rings is 3. The van der Waals surface area contributed by atoms with Gasteiger partial charge in [-0.15, -0.1) is 0 Å². The van der Waals surface area contributed by atoms with E-state index in [1.54, 1.807) is 14.2 Å². The molecule has 0 aliphatic rings. The predicted octanol–water partition coefficient (Wildman–Crippen LogP) is 3.76. The molecule has 138 valence electrons. The Kier molecular flexibility index (Phi) is 4.69. The summed E-state index contributed by atoms with van der Waals surface area (Å²) in [4.78, 5) is 4.81. The molecule has 0 saturated heterocycles. The molecule has 0 unspecified atom stereocenters. The van der Waals surface area contributed by atoms with Crippen molar-refractivity contribution >= 4 is 21.8 Å². The maximum atomic E-state index is 5.84. The van der Waals surface area contributed by atoms with Gasteiger partial charge in [-0.1, -0.05) is 42.5 Å². The van der Waals surface area contributed by atoms with E-state index in [2.05, 4.69) is 47.0 Å². The molecule has 0 aliphatic heterocycles. The highest BCUT2D eigenvalue weighted by Gasteiger charge is 2.16. The van der Waals surface area contributed by atoms with Crippen LogP contribution in [0, 0.1) is 0 Å². The van der Waals surface area contributed by atoms with Gasteiger partial charge in [0.15, 0.2) is 11.5 Å². The molecule has 5 heteroatoms. The first kappa shape index (κ1) is 17.4. The molecule has 27 heavy (non-hydrogen) atoms. The number of hydrogen-bond acceptors (Lipinski definition) is 4. The van der Waals surface area contributed by atoms with E-state index in [9.17, 15) is 0 Å². The maximum absolute atomic E-state index is 5.84. The molecule has 0 atom stereocenters. The highest BCUT2D eigenvalue weighted by atomic mass is 16.5. The van der Waals surface area contributed by atoms with Crippen molar-refractivity contribution in [1.82, 2.24) is 9.55 Å². The number of nitrogens with zero attached hydrogens (tertiary/aromatic N) is 2. The maximum Gasteiger partial charge on any atom is 0.163 e. The van der Waals surface area contributed by atoms with E-state index in [4.69, 9.17) is 20.2 Å². The zero-order valence-corrected chi connectivity index (χ0v) is 15.6. The van der Waals surface area contributed by atoms with Crippen molar-refractivity contribution in [2.75, 3.05) is 20.8 Å². The number of nitrogens with two attached hydrogens (primary N) is 1. The molecule has 0 amide bonds. The molecule has 0 saturated carbocycles. The normalized spacial score (nSPS) is 11.2. The molecule has 0 fully saturated rings. The molecule has 0 aliphatic carbocycles. The molecular weight excluding hydrogens is 338 g/mol. The van der Waals surface area contributed by atoms with Crippen molar-refractivity contribution in [2.24, 2.45) is 5.73 Å². The fraction of sp³-hybridized carbons (Fsp3) is 0.227. The average Bonchev–Trinajstić information content (AvgIpc) is 3.03. The van der Waals surface area contributed by atoms with Gasteiger partial charge < -0.3 is 19.8 Å². The Morgan fingerprint density at radius 2 is 1.70 bits per heavy atom. The Morgan fingerprint density at radius 1 is 0.963 bits per heavy atom. The smallest absolute Gasteiger partial charge is 0.163 e. The fourth-order valence-corrected chi connectivity index (χ4v) is 3.60. The highest BCUT2D eigenvalue weighted by Crippen LogP contribution is 2.33. The lowest BCUT2D eigenvalue weighted by atomic mass is 10.0. The molecule has 0 radical (unpaired) electrons. The van der Waals surface area contributed by atoms with Crippen LogP contribution in [0.5, 0.6) is 11.5 Å². The average molecular weight is 361 g/mol. The van der Waals surface area contributed by atoms with Crippen molar-refractivity contribution in [3.63, 3.8) is 0 Å². The molecule has 0 spiro atoms. The molecule has 4 aromatic rings. The van der Waals surface area contributed by atoms with Gasteiger partial charge in [-0.3, -0.25) is 0 Å². The van der Waals surface area contributed by atoms with E-state index in [1.807, 2.05) is 12.1 Å². The number of aromatic nitrogens is 2. The van der Waals surface area contributed by atoms with Crippen LogP contribution in [0.25, 0.3) is 21.8 Å². The van der Waals surface area contributed by atoms with Crippen LogP contribution >= 0.6 is 0 Å². The fourth-order valence-electron chi connectivity index (χ4n) is 3.60. The minimum atomic E-state index is 0.549. The second-order valence-corrected chi connectivity index (χ2v) is 6.49. The summed E-state index contributed by atoms with van der Waals surface area (Å²) in [6, 6.07) is 18.8. The van der Waals surface area contributed by atoms with Crippen LogP contribution < -0.4 is 15.2 Å². The summed E-state index contributed by atoms with van der Waals surface area (Å²) >= 11 is 0. The van der Waals surface area contributed by atoms with E-state index < -0.39 is 0 Å². The van der Waals surface area contributed by atoms with E-state index in [0.717, 1.165) is 23.4 Å². The van der Waals surface area contributed by atoms with Crippen LogP contribution in [-0.4, -0.2) is 30.3 Å². The number of fused-ring (bicyclic) bond motifs is 2. The molecule has 5 nitrogen and oxygen atoms in total.